The van der Waals surface area contributed by atoms with E-state index in [0.29, 0.717) is 22.2 Å². The third kappa shape index (κ3) is 8.26. The van der Waals surface area contributed by atoms with E-state index < -0.39 is 24.7 Å². The van der Waals surface area contributed by atoms with Crippen LogP contribution in [0, 0.1) is 11.8 Å². The van der Waals surface area contributed by atoms with Crippen LogP contribution in [0.4, 0.5) is 0 Å². The molecule has 2 atom stereocenters. The normalized spacial score (nSPS) is 20.6. The van der Waals surface area contributed by atoms with Gasteiger partial charge in [0.15, 0.2) is 0 Å². The Balaban J connectivity index is 1.69. The summed E-state index contributed by atoms with van der Waals surface area (Å²) in [4.78, 5) is 0. The minimum Gasteiger partial charge on any atom is -0.545 e. The Kier molecular flexibility index (Phi) is 14.0. The van der Waals surface area contributed by atoms with Crippen molar-refractivity contribution in [1.82, 2.24) is 0 Å². The van der Waals surface area contributed by atoms with Crippen molar-refractivity contribution in [1.29, 1.82) is 0 Å². The molecule has 0 aromatic rings. The van der Waals surface area contributed by atoms with Gasteiger partial charge in [-0.25, -0.2) is 0 Å². The van der Waals surface area contributed by atoms with E-state index in [0.717, 1.165) is 12.8 Å². The van der Waals surface area contributed by atoms with Crippen LogP contribution >= 0.6 is 0 Å². The fourth-order valence-electron chi connectivity index (χ4n) is 10.1. The smallest absolute Gasteiger partial charge is 0.255 e. The quantitative estimate of drug-likeness (QED) is 0.0703. The summed E-state index contributed by atoms with van der Waals surface area (Å²) in [5, 5.41) is 3.20. The van der Waals surface area contributed by atoms with Gasteiger partial charge in [-0.2, -0.15) is 0 Å². The lowest BCUT2D eigenvalue weighted by molar-refractivity contribution is 0.349. The van der Waals surface area contributed by atoms with E-state index in [1.165, 1.54) is 71.6 Å². The summed E-state index contributed by atoms with van der Waals surface area (Å²) in [7, 11) is -6.31. The molecule has 2 unspecified atom stereocenters. The molecule has 0 fully saturated rings. The molecular formula is C46H72O2Si3. The molecule has 0 amide bonds. The Morgan fingerprint density at radius 3 is 1.27 bits per heavy atom. The number of hydrogen-bond donors (Lipinski definition) is 0. The Bertz CT molecular complexity index is 1420. The molecule has 2 nitrogen and oxygen atoms in total. The van der Waals surface area contributed by atoms with Crippen molar-refractivity contribution in [2.24, 2.45) is 11.8 Å². The average Bonchev–Trinajstić information content (AvgIpc) is 3.60. The average molecular weight is 741 g/mol. The van der Waals surface area contributed by atoms with Gasteiger partial charge in [0.2, 0.25) is 0 Å². The van der Waals surface area contributed by atoms with Crippen LogP contribution in [-0.4, -0.2) is 24.7 Å². The first-order valence-corrected chi connectivity index (χ1v) is 27.9. The van der Waals surface area contributed by atoms with Gasteiger partial charge in [-0.15, -0.1) is 13.2 Å². The molecule has 4 aliphatic rings. The molecule has 0 saturated carbocycles. The molecular weight excluding hydrogens is 669 g/mol. The molecule has 280 valence electrons. The second kappa shape index (κ2) is 17.2. The van der Waals surface area contributed by atoms with Crippen LogP contribution in [0.15, 0.2) is 118 Å². The highest BCUT2D eigenvalue weighted by Crippen LogP contribution is 2.52. The van der Waals surface area contributed by atoms with E-state index in [1.54, 1.807) is 10.4 Å². The molecule has 51 heavy (non-hydrogen) atoms. The van der Waals surface area contributed by atoms with Crippen LogP contribution in [0.1, 0.15) is 108 Å². The zero-order valence-corrected chi connectivity index (χ0v) is 37.6. The van der Waals surface area contributed by atoms with Crippen molar-refractivity contribution in [3.8, 4) is 0 Å². The van der Waals surface area contributed by atoms with E-state index in [1.807, 2.05) is 0 Å². The fourth-order valence-corrected chi connectivity index (χ4v) is 23.4. The van der Waals surface area contributed by atoms with Gasteiger partial charge >= 0.3 is 0 Å². The van der Waals surface area contributed by atoms with Gasteiger partial charge in [-0.1, -0.05) is 141 Å². The molecule has 0 heterocycles. The minimum absolute atomic E-state index is 0.215. The second-order valence-electron chi connectivity index (χ2n) is 17.6. The van der Waals surface area contributed by atoms with Crippen molar-refractivity contribution in [3.05, 3.63) is 118 Å². The molecule has 4 rings (SSSR count). The third-order valence-electron chi connectivity index (χ3n) is 12.8. The Labute approximate surface area is 317 Å². The molecule has 0 N–H and O–H groups in total. The highest BCUT2D eigenvalue weighted by Gasteiger charge is 2.49. The summed E-state index contributed by atoms with van der Waals surface area (Å²) in [5.74, 6) is 2.80. The maximum atomic E-state index is 7.48. The van der Waals surface area contributed by atoms with E-state index in [4.69, 9.17) is 8.85 Å². The first kappa shape index (κ1) is 41.4. The van der Waals surface area contributed by atoms with E-state index in [9.17, 15) is 0 Å². The zero-order chi connectivity index (χ0) is 37.7. The molecule has 4 aliphatic carbocycles. The summed E-state index contributed by atoms with van der Waals surface area (Å²) >= 11 is 0. The number of unbranched alkanes of at least 4 members (excludes halogenated alkanes) is 4. The molecule has 0 aliphatic heterocycles. The number of allylic oxidation sites excluding steroid dienone is 14. The van der Waals surface area contributed by atoms with Crippen LogP contribution in [0.3, 0.4) is 0 Å². The predicted molar refractivity (Wildman–Crippen MR) is 232 cm³/mol. The molecule has 0 aromatic heterocycles. The third-order valence-corrected chi connectivity index (χ3v) is 28.0. The predicted octanol–water partition coefficient (Wildman–Crippen LogP) is 14.7. The van der Waals surface area contributed by atoms with Crippen molar-refractivity contribution >= 4 is 24.7 Å². The van der Waals surface area contributed by atoms with Crippen LogP contribution in [0.5, 0.6) is 0 Å². The SMILES string of the molecule is C=CCCCC[Si](OC1=CC=CC2=C([Si](C)(C)C3=C4C=CC=C(O[Si](CCCCC=C)(C(C)C)C(C)C)C4C=C3C)C(C)=CC12)(C(C)C)C(C)C. The van der Waals surface area contributed by atoms with E-state index in [2.05, 4.69) is 156 Å². The molecule has 0 bridgehead atoms. The van der Waals surface area contributed by atoms with Crippen LogP contribution < -0.4 is 0 Å². The summed E-state index contributed by atoms with van der Waals surface area (Å²) in [6.07, 6.45) is 30.2. The van der Waals surface area contributed by atoms with Gasteiger partial charge in [-0.3, -0.25) is 0 Å². The van der Waals surface area contributed by atoms with Crippen molar-refractivity contribution in [3.63, 3.8) is 0 Å². The Morgan fingerprint density at radius 1 is 0.608 bits per heavy atom. The molecule has 0 aromatic carbocycles. The van der Waals surface area contributed by atoms with E-state index >= 15 is 0 Å². The lowest BCUT2D eigenvalue weighted by Crippen LogP contribution is -2.45. The van der Waals surface area contributed by atoms with Gasteiger partial charge < -0.3 is 8.85 Å². The standard InChI is InChI=1S/C46H72O2Si3/c1-15-17-19-21-29-50(33(3)4,34(5)6)47-43-27-23-25-39-41(43)31-37(11)45(39)49(13,14)46-38(12)32-42-40(46)26-24-28-44(42)48-51(35(7)8,36(9)10)30-22-20-18-16-2/h15-16,23-28,31-36,41-42H,1-2,17-22,29-30H2,3-14H3. The lowest BCUT2D eigenvalue weighted by atomic mass is 9.96. The van der Waals surface area contributed by atoms with Gasteiger partial charge in [0.25, 0.3) is 16.6 Å². The maximum Gasteiger partial charge on any atom is 0.255 e. The van der Waals surface area contributed by atoms with Gasteiger partial charge in [-0.05, 0) is 107 Å². The maximum absolute atomic E-state index is 7.48. The molecule has 0 saturated heterocycles. The summed E-state index contributed by atoms with van der Waals surface area (Å²) in [6.45, 7) is 37.1. The Hall–Kier alpha value is -2.35. The van der Waals surface area contributed by atoms with Crippen molar-refractivity contribution in [2.75, 3.05) is 0 Å². The topological polar surface area (TPSA) is 18.5 Å². The minimum atomic E-state index is -2.15. The van der Waals surface area contributed by atoms with E-state index in [-0.39, 0.29) is 11.8 Å². The molecule has 0 spiro atoms. The van der Waals surface area contributed by atoms with Crippen LogP contribution in [0.2, 0.25) is 47.3 Å². The zero-order valence-electron chi connectivity index (χ0n) is 34.6. The first-order chi connectivity index (χ1) is 24.1. The number of rotatable bonds is 20. The van der Waals surface area contributed by atoms with Gasteiger partial charge in [0.1, 0.15) is 8.07 Å². The monoisotopic (exact) mass is 740 g/mol. The van der Waals surface area contributed by atoms with Crippen LogP contribution in [0.25, 0.3) is 0 Å². The first-order valence-electron chi connectivity index (χ1n) is 20.3. The Morgan fingerprint density at radius 2 is 0.961 bits per heavy atom. The van der Waals surface area contributed by atoms with Gasteiger partial charge in [0, 0.05) is 0 Å². The highest BCUT2D eigenvalue weighted by molar-refractivity contribution is 6.92. The van der Waals surface area contributed by atoms with Crippen molar-refractivity contribution < 1.29 is 8.85 Å². The molecule has 0 radical (unpaired) electrons. The summed E-state index contributed by atoms with van der Waals surface area (Å²) < 4.78 is 15.0. The number of fused-ring (bicyclic) bond motifs is 2. The second-order valence-corrected chi connectivity index (χ2v) is 31.7. The highest BCUT2D eigenvalue weighted by atomic mass is 28.4. The van der Waals surface area contributed by atoms with Crippen molar-refractivity contribution in [2.45, 2.75) is 155 Å². The largest absolute Gasteiger partial charge is 0.545 e. The number of hydrogen-bond acceptors (Lipinski definition) is 2. The van der Waals surface area contributed by atoms with Gasteiger partial charge in [0.05, 0.1) is 23.4 Å². The fraction of sp³-hybridized carbons (Fsp3) is 0.565. The lowest BCUT2D eigenvalue weighted by Gasteiger charge is -2.42. The molecule has 5 heteroatoms. The van der Waals surface area contributed by atoms with Crippen LogP contribution in [-0.2, 0) is 8.85 Å². The summed E-state index contributed by atoms with van der Waals surface area (Å²) in [6, 6.07) is 2.41. The summed E-state index contributed by atoms with van der Waals surface area (Å²) in [5.41, 5.74) is 8.05.